The van der Waals surface area contributed by atoms with Crippen molar-refractivity contribution in [1.82, 2.24) is 20.1 Å². The van der Waals surface area contributed by atoms with Gasteiger partial charge in [-0.15, -0.1) is 0 Å². The number of amides is 1. The molecule has 0 bridgehead atoms. The van der Waals surface area contributed by atoms with Gasteiger partial charge in [-0.1, -0.05) is 55.5 Å². The molecular weight excluding hydrogens is 763 g/mol. The van der Waals surface area contributed by atoms with Crippen molar-refractivity contribution in [1.29, 1.82) is 0 Å². The zero-order valence-corrected chi connectivity index (χ0v) is 35.4. The predicted molar refractivity (Wildman–Crippen MR) is 228 cm³/mol. The Morgan fingerprint density at radius 1 is 0.917 bits per heavy atom. The lowest BCUT2D eigenvalue weighted by Crippen LogP contribution is -2.56. The van der Waals surface area contributed by atoms with Gasteiger partial charge in [0.2, 0.25) is 5.91 Å². The summed E-state index contributed by atoms with van der Waals surface area (Å²) in [6.45, 7) is 12.0. The SMILES string of the molecule is CC[C@@H](Oc1ccc([C@H]2CN(C)Cc3cc4c(cc3O2)CN(C(C)C)[C@H](C(=O)N[C@@H](Cc2ccc(-c3ccnc(C)c3C)cc2)C(=O)OC)C4)cc1)c1ccc(F)c(F)c1. The highest BCUT2D eigenvalue weighted by Gasteiger charge is 2.36. The van der Waals surface area contributed by atoms with Crippen molar-refractivity contribution in [3.8, 4) is 22.6 Å². The van der Waals surface area contributed by atoms with Crippen LogP contribution in [0.25, 0.3) is 11.1 Å². The largest absolute Gasteiger partial charge is 0.486 e. The molecule has 0 fully saturated rings. The van der Waals surface area contributed by atoms with E-state index in [1.807, 2.05) is 74.6 Å². The molecule has 1 aromatic heterocycles. The number of rotatable bonds is 12. The second kappa shape index (κ2) is 18.3. The van der Waals surface area contributed by atoms with Gasteiger partial charge in [0.25, 0.3) is 0 Å². The summed E-state index contributed by atoms with van der Waals surface area (Å²) in [5, 5.41) is 3.06. The van der Waals surface area contributed by atoms with Gasteiger partial charge in [-0.2, -0.15) is 0 Å². The molecule has 2 aliphatic heterocycles. The molecule has 0 radical (unpaired) electrons. The minimum atomic E-state index is -0.895. The van der Waals surface area contributed by atoms with Gasteiger partial charge in [-0.05, 0) is 128 Å². The van der Waals surface area contributed by atoms with Crippen LogP contribution in [0.1, 0.15) is 84.0 Å². The van der Waals surface area contributed by atoms with Crippen molar-refractivity contribution in [3.63, 3.8) is 0 Å². The Kier molecular flexibility index (Phi) is 13.0. The molecule has 60 heavy (non-hydrogen) atoms. The molecular formula is C49H54F2N4O5. The third-order valence-corrected chi connectivity index (χ3v) is 11.9. The third-order valence-electron chi connectivity index (χ3n) is 11.9. The second-order valence-corrected chi connectivity index (χ2v) is 16.3. The van der Waals surface area contributed by atoms with Crippen LogP contribution in [0, 0.1) is 25.5 Å². The number of hydrogen-bond donors (Lipinski definition) is 1. The summed E-state index contributed by atoms with van der Waals surface area (Å²) in [5.41, 5.74) is 9.97. The van der Waals surface area contributed by atoms with E-state index in [0.29, 0.717) is 50.2 Å². The maximum atomic E-state index is 14.2. The highest BCUT2D eigenvalue weighted by molar-refractivity contribution is 5.88. The van der Waals surface area contributed by atoms with Crippen molar-refractivity contribution in [2.75, 3.05) is 20.7 Å². The van der Waals surface area contributed by atoms with Gasteiger partial charge < -0.3 is 19.5 Å². The number of likely N-dealkylation sites (N-methyl/N-ethyl adjacent to an activating group) is 1. The number of methoxy groups -OCH3 is 1. The van der Waals surface area contributed by atoms with E-state index in [1.165, 1.54) is 13.2 Å². The second-order valence-electron chi connectivity index (χ2n) is 16.3. The minimum absolute atomic E-state index is 0.0482. The zero-order chi connectivity index (χ0) is 42.7. The number of aromatic nitrogens is 1. The van der Waals surface area contributed by atoms with E-state index >= 15 is 0 Å². The number of aryl methyl sites for hydroxylation is 1. The van der Waals surface area contributed by atoms with E-state index in [2.05, 4.69) is 60.1 Å². The third kappa shape index (κ3) is 9.37. The first-order chi connectivity index (χ1) is 28.8. The lowest BCUT2D eigenvalue weighted by atomic mass is 9.90. The number of hydrogen-bond acceptors (Lipinski definition) is 8. The molecule has 2 aliphatic rings. The average Bonchev–Trinajstić information content (AvgIpc) is 3.40. The van der Waals surface area contributed by atoms with E-state index in [4.69, 9.17) is 14.2 Å². The predicted octanol–water partition coefficient (Wildman–Crippen LogP) is 8.77. The molecule has 4 aromatic carbocycles. The van der Waals surface area contributed by atoms with Gasteiger partial charge >= 0.3 is 5.97 Å². The molecule has 3 heterocycles. The average molecular weight is 817 g/mol. The fourth-order valence-electron chi connectivity index (χ4n) is 8.35. The summed E-state index contributed by atoms with van der Waals surface area (Å²) < 4.78 is 45.7. The van der Waals surface area contributed by atoms with Crippen molar-refractivity contribution in [2.45, 2.75) is 97.3 Å². The van der Waals surface area contributed by atoms with Gasteiger partial charge in [-0.3, -0.25) is 19.6 Å². The number of esters is 1. The molecule has 11 heteroatoms. The molecule has 0 saturated heterocycles. The van der Waals surface area contributed by atoms with E-state index in [-0.39, 0.29) is 18.1 Å². The monoisotopic (exact) mass is 816 g/mol. The van der Waals surface area contributed by atoms with Crippen LogP contribution in [0.2, 0.25) is 0 Å². The highest BCUT2D eigenvalue weighted by atomic mass is 19.2. The highest BCUT2D eigenvalue weighted by Crippen LogP contribution is 2.37. The number of nitrogens with zero attached hydrogens (tertiary/aromatic N) is 3. The summed E-state index contributed by atoms with van der Waals surface area (Å²) in [7, 11) is 3.41. The molecule has 1 amide bonds. The lowest BCUT2D eigenvalue weighted by molar-refractivity contribution is -0.146. The number of halogens is 2. The minimum Gasteiger partial charge on any atom is -0.486 e. The fraction of sp³-hybridized carbons (Fsp3) is 0.367. The molecule has 9 nitrogen and oxygen atoms in total. The van der Waals surface area contributed by atoms with Crippen LogP contribution in [-0.4, -0.2) is 65.5 Å². The number of pyridine rings is 1. The Balaban J connectivity index is 1.05. The van der Waals surface area contributed by atoms with Gasteiger partial charge in [0, 0.05) is 49.6 Å². The lowest BCUT2D eigenvalue weighted by Gasteiger charge is -2.39. The maximum Gasteiger partial charge on any atom is 0.328 e. The molecule has 0 spiro atoms. The molecule has 0 unspecified atom stereocenters. The Bertz CT molecular complexity index is 2330. The quantitative estimate of drug-likeness (QED) is 0.125. The van der Waals surface area contributed by atoms with Crippen LogP contribution in [0.5, 0.6) is 11.5 Å². The first-order valence-electron chi connectivity index (χ1n) is 20.7. The van der Waals surface area contributed by atoms with E-state index in [1.54, 1.807) is 6.07 Å². The molecule has 0 saturated carbocycles. The first-order valence-corrected chi connectivity index (χ1v) is 20.7. The van der Waals surface area contributed by atoms with Crippen LogP contribution in [0.15, 0.2) is 91.1 Å². The van der Waals surface area contributed by atoms with E-state index in [9.17, 15) is 18.4 Å². The maximum absolute atomic E-state index is 14.2. The normalized spacial score (nSPS) is 17.8. The van der Waals surface area contributed by atoms with Gasteiger partial charge in [0.15, 0.2) is 11.6 Å². The number of fused-ring (bicyclic) bond motifs is 2. The summed E-state index contributed by atoms with van der Waals surface area (Å²) in [6.07, 6.45) is 2.49. The van der Waals surface area contributed by atoms with Crippen LogP contribution in [0.4, 0.5) is 8.78 Å². The van der Waals surface area contributed by atoms with Crippen LogP contribution in [-0.2, 0) is 40.3 Å². The number of ether oxygens (including phenoxy) is 3. The number of benzene rings is 4. The fourth-order valence-corrected chi connectivity index (χ4v) is 8.35. The Morgan fingerprint density at radius 3 is 2.35 bits per heavy atom. The summed E-state index contributed by atoms with van der Waals surface area (Å²) in [4.78, 5) is 36.1. The summed E-state index contributed by atoms with van der Waals surface area (Å²) >= 11 is 0. The molecule has 7 rings (SSSR count). The number of carbonyl (C=O) groups excluding carboxylic acids is 2. The molecule has 4 atom stereocenters. The summed E-state index contributed by atoms with van der Waals surface area (Å²) in [5.74, 6) is -1.05. The van der Waals surface area contributed by atoms with E-state index < -0.39 is 35.8 Å². The standard InChI is InChI=1S/C49H54F2N4O5/c1-8-45(35-15-18-41(50)42(51)23-35)59-39-16-13-34(14-17-39)47-28-54(6)26-38-22-36-24-44(55(29(2)3)27-37(36)25-46(38)60-47)48(56)53-43(49(57)58-7)21-32-9-11-33(12-10-32)40-19-20-52-31(5)30(40)4/h9-20,22-23,25,29,43-45,47H,8,21,24,26-28H2,1-7H3,(H,53,56)/t43-,44-,45+,47+/m0/s1. The van der Waals surface area contributed by atoms with Crippen molar-refractivity contribution in [2.24, 2.45) is 0 Å². The van der Waals surface area contributed by atoms with E-state index in [0.717, 1.165) is 62.0 Å². The van der Waals surface area contributed by atoms with Gasteiger partial charge in [0.1, 0.15) is 29.7 Å². The number of carbonyl (C=O) groups is 2. The molecule has 1 N–H and O–H groups in total. The Hall–Kier alpha value is -5.65. The van der Waals surface area contributed by atoms with Crippen molar-refractivity contribution >= 4 is 11.9 Å². The van der Waals surface area contributed by atoms with Gasteiger partial charge in [0.05, 0.1) is 13.2 Å². The van der Waals surface area contributed by atoms with Crippen molar-refractivity contribution < 1.29 is 32.6 Å². The topological polar surface area (TPSA) is 93.2 Å². The van der Waals surface area contributed by atoms with Crippen LogP contribution < -0.4 is 14.8 Å². The first kappa shape index (κ1) is 42.5. The number of nitrogens with one attached hydrogen (secondary N) is 1. The Labute approximate surface area is 351 Å². The molecule has 0 aliphatic carbocycles. The smallest absolute Gasteiger partial charge is 0.328 e. The van der Waals surface area contributed by atoms with Crippen LogP contribution in [0.3, 0.4) is 0 Å². The molecule has 5 aromatic rings. The van der Waals surface area contributed by atoms with Gasteiger partial charge in [-0.25, -0.2) is 13.6 Å². The Morgan fingerprint density at radius 2 is 1.67 bits per heavy atom. The summed E-state index contributed by atoms with van der Waals surface area (Å²) in [6, 6.07) is 24.7. The van der Waals surface area contributed by atoms with Crippen LogP contribution >= 0.6 is 0 Å². The molecule has 314 valence electrons. The van der Waals surface area contributed by atoms with Crippen molar-refractivity contribution in [3.05, 3.63) is 147 Å². The zero-order valence-electron chi connectivity index (χ0n) is 35.4.